The van der Waals surface area contributed by atoms with Gasteiger partial charge in [0.05, 0.1) is 43.6 Å². The first-order chi connectivity index (χ1) is 19.0. The number of ether oxygens (including phenoxy) is 3. The van der Waals surface area contributed by atoms with Crippen LogP contribution in [0.1, 0.15) is 60.8 Å². The number of carbonyl (C=O) groups excluding carboxylic acids is 3. The summed E-state index contributed by atoms with van der Waals surface area (Å²) in [6.45, 7) is 8.05. The minimum atomic E-state index is -0.956. The van der Waals surface area contributed by atoms with Crippen LogP contribution in [0.25, 0.3) is 5.76 Å². The van der Waals surface area contributed by atoms with Gasteiger partial charge < -0.3 is 19.3 Å². The number of esters is 1. The number of rotatable bonds is 7. The highest BCUT2D eigenvalue weighted by molar-refractivity contribution is 6.51. The van der Waals surface area contributed by atoms with E-state index in [1.54, 1.807) is 62.6 Å². The summed E-state index contributed by atoms with van der Waals surface area (Å²) in [7, 11) is 3.02. The Labute approximate surface area is 233 Å². The normalized spacial score (nSPS) is 16.6. The van der Waals surface area contributed by atoms with Crippen molar-refractivity contribution in [3.8, 4) is 11.5 Å². The monoisotopic (exact) mass is 543 g/mol. The molecule has 208 valence electrons. The van der Waals surface area contributed by atoms with Gasteiger partial charge in [0.25, 0.3) is 11.7 Å². The number of anilines is 1. The molecule has 3 aromatic rings. The third-order valence-corrected chi connectivity index (χ3v) is 6.85. The van der Waals surface area contributed by atoms with Crippen molar-refractivity contribution >= 4 is 29.1 Å². The SMILES string of the molecule is CCOC(=O)c1ccc(N2C(=O)C(=O)/C(=C(/O)c3cc(C(C)(C)C)ccc3OC)C2c2ccc(OC)cc2)cc1. The number of carbonyl (C=O) groups is 3. The molecule has 3 aromatic carbocycles. The summed E-state index contributed by atoms with van der Waals surface area (Å²) in [5.41, 5.74) is 2.18. The van der Waals surface area contributed by atoms with Gasteiger partial charge in [0.2, 0.25) is 0 Å². The number of amides is 1. The zero-order valence-corrected chi connectivity index (χ0v) is 23.5. The highest BCUT2D eigenvalue weighted by atomic mass is 16.5. The Balaban J connectivity index is 1.93. The Hall–Kier alpha value is -4.59. The molecular weight excluding hydrogens is 510 g/mol. The summed E-state index contributed by atoms with van der Waals surface area (Å²) in [6.07, 6.45) is 0. The largest absolute Gasteiger partial charge is 0.507 e. The number of ketones is 1. The highest BCUT2D eigenvalue weighted by Crippen LogP contribution is 2.44. The molecule has 0 bridgehead atoms. The lowest BCUT2D eigenvalue weighted by Crippen LogP contribution is -2.29. The Morgan fingerprint density at radius 1 is 0.925 bits per heavy atom. The van der Waals surface area contributed by atoms with Crippen LogP contribution < -0.4 is 14.4 Å². The van der Waals surface area contributed by atoms with E-state index in [0.29, 0.717) is 33.9 Å². The second kappa shape index (κ2) is 11.3. The van der Waals surface area contributed by atoms with Gasteiger partial charge in [-0.1, -0.05) is 39.0 Å². The molecular formula is C32H33NO7. The van der Waals surface area contributed by atoms with Gasteiger partial charge in [0.15, 0.2) is 0 Å². The number of aliphatic hydroxyl groups is 1. The van der Waals surface area contributed by atoms with E-state index >= 15 is 0 Å². The molecule has 0 aliphatic carbocycles. The lowest BCUT2D eigenvalue weighted by Gasteiger charge is -2.26. The van der Waals surface area contributed by atoms with Crippen LogP contribution in [0.2, 0.25) is 0 Å². The van der Waals surface area contributed by atoms with Gasteiger partial charge in [0.1, 0.15) is 17.3 Å². The molecule has 8 heteroatoms. The maximum absolute atomic E-state index is 13.6. The van der Waals surface area contributed by atoms with Crippen molar-refractivity contribution in [2.45, 2.75) is 39.2 Å². The Kier molecular flexibility index (Phi) is 8.00. The fourth-order valence-corrected chi connectivity index (χ4v) is 4.68. The number of nitrogens with zero attached hydrogens (tertiary/aromatic N) is 1. The van der Waals surface area contributed by atoms with Crippen molar-refractivity contribution in [1.29, 1.82) is 0 Å². The molecule has 1 heterocycles. The van der Waals surface area contributed by atoms with Gasteiger partial charge in [0, 0.05) is 5.69 Å². The molecule has 1 saturated heterocycles. The number of hydrogen-bond acceptors (Lipinski definition) is 7. The lowest BCUT2D eigenvalue weighted by molar-refractivity contribution is -0.132. The molecule has 40 heavy (non-hydrogen) atoms. The number of Topliss-reactive ketones (excluding diaryl/α,β-unsaturated/α-hetero) is 1. The number of methoxy groups -OCH3 is 2. The molecule has 0 aromatic heterocycles. The topological polar surface area (TPSA) is 102 Å². The van der Waals surface area contributed by atoms with Crippen LogP contribution >= 0.6 is 0 Å². The second-order valence-corrected chi connectivity index (χ2v) is 10.4. The zero-order chi connectivity index (χ0) is 29.2. The summed E-state index contributed by atoms with van der Waals surface area (Å²) in [5.74, 6) is -1.52. The number of benzene rings is 3. The smallest absolute Gasteiger partial charge is 0.338 e. The molecule has 4 rings (SSSR count). The van der Waals surface area contributed by atoms with Crippen molar-refractivity contribution in [3.05, 3.63) is 94.6 Å². The summed E-state index contributed by atoms with van der Waals surface area (Å²) >= 11 is 0. The van der Waals surface area contributed by atoms with Gasteiger partial charge in [-0.2, -0.15) is 0 Å². The zero-order valence-electron chi connectivity index (χ0n) is 23.5. The van der Waals surface area contributed by atoms with Crippen molar-refractivity contribution < 1.29 is 33.7 Å². The Morgan fingerprint density at radius 3 is 2.12 bits per heavy atom. The van der Waals surface area contributed by atoms with Crippen molar-refractivity contribution in [1.82, 2.24) is 0 Å². The third kappa shape index (κ3) is 5.30. The summed E-state index contributed by atoms with van der Waals surface area (Å²) in [5, 5.41) is 11.7. The van der Waals surface area contributed by atoms with Crippen LogP contribution in [0.3, 0.4) is 0 Å². The van der Waals surface area contributed by atoms with E-state index in [1.165, 1.54) is 24.1 Å². The van der Waals surface area contributed by atoms with Crippen LogP contribution in [0.4, 0.5) is 5.69 Å². The standard InChI is InChI=1S/C32H33NO7/c1-7-40-31(37)20-8-13-22(14-9-20)33-27(19-10-15-23(38-5)16-11-19)26(29(35)30(33)36)28(34)24-18-21(32(2,3)4)12-17-25(24)39-6/h8-18,27,34H,7H2,1-6H3/b28-26+. The molecule has 0 spiro atoms. The first kappa shape index (κ1) is 28.4. The molecule has 1 fully saturated rings. The molecule has 0 saturated carbocycles. The molecule has 1 aliphatic rings. The summed E-state index contributed by atoms with van der Waals surface area (Å²) < 4.78 is 15.9. The van der Waals surface area contributed by atoms with Crippen molar-refractivity contribution in [3.63, 3.8) is 0 Å². The third-order valence-electron chi connectivity index (χ3n) is 6.85. The molecule has 1 unspecified atom stereocenters. The number of hydrogen-bond donors (Lipinski definition) is 1. The van der Waals surface area contributed by atoms with Crippen LogP contribution in [-0.2, 0) is 19.7 Å². The van der Waals surface area contributed by atoms with E-state index in [9.17, 15) is 19.5 Å². The Morgan fingerprint density at radius 2 is 1.57 bits per heavy atom. The van der Waals surface area contributed by atoms with Crippen molar-refractivity contribution in [2.24, 2.45) is 0 Å². The summed E-state index contributed by atoms with van der Waals surface area (Å²) in [4.78, 5) is 40.6. The molecule has 1 aliphatic heterocycles. The average Bonchev–Trinajstić information content (AvgIpc) is 3.21. The molecule has 0 radical (unpaired) electrons. The molecule has 1 atom stereocenters. The maximum Gasteiger partial charge on any atom is 0.338 e. The minimum Gasteiger partial charge on any atom is -0.507 e. The van der Waals surface area contributed by atoms with Crippen LogP contribution in [0.15, 0.2) is 72.3 Å². The van der Waals surface area contributed by atoms with E-state index in [-0.39, 0.29) is 23.4 Å². The lowest BCUT2D eigenvalue weighted by atomic mass is 9.85. The number of aliphatic hydroxyl groups excluding tert-OH is 1. The van der Waals surface area contributed by atoms with E-state index in [0.717, 1.165) is 5.56 Å². The predicted octanol–water partition coefficient (Wildman–Crippen LogP) is 5.80. The van der Waals surface area contributed by atoms with Crippen LogP contribution in [0.5, 0.6) is 11.5 Å². The highest BCUT2D eigenvalue weighted by Gasteiger charge is 2.47. The molecule has 8 nitrogen and oxygen atoms in total. The maximum atomic E-state index is 13.6. The fourth-order valence-electron chi connectivity index (χ4n) is 4.68. The second-order valence-electron chi connectivity index (χ2n) is 10.4. The molecule has 1 N–H and O–H groups in total. The van der Waals surface area contributed by atoms with E-state index in [4.69, 9.17) is 14.2 Å². The van der Waals surface area contributed by atoms with Gasteiger partial charge in [-0.3, -0.25) is 14.5 Å². The van der Waals surface area contributed by atoms with Crippen molar-refractivity contribution in [2.75, 3.05) is 25.7 Å². The Bertz CT molecular complexity index is 1460. The first-order valence-electron chi connectivity index (χ1n) is 12.9. The summed E-state index contributed by atoms with van der Waals surface area (Å²) in [6, 6.07) is 17.6. The first-order valence-corrected chi connectivity index (χ1v) is 12.9. The average molecular weight is 544 g/mol. The van der Waals surface area contributed by atoms with E-state index in [2.05, 4.69) is 0 Å². The van der Waals surface area contributed by atoms with E-state index < -0.39 is 23.7 Å². The predicted molar refractivity (Wildman–Crippen MR) is 152 cm³/mol. The van der Waals surface area contributed by atoms with Gasteiger partial charge in [-0.05, 0) is 72.0 Å². The van der Waals surface area contributed by atoms with E-state index in [1.807, 2.05) is 26.8 Å². The van der Waals surface area contributed by atoms with Crippen LogP contribution in [0, 0.1) is 0 Å². The van der Waals surface area contributed by atoms with Gasteiger partial charge in [-0.25, -0.2) is 4.79 Å². The quantitative estimate of drug-likeness (QED) is 0.174. The fraction of sp³-hybridized carbons (Fsp3) is 0.281. The van der Waals surface area contributed by atoms with Gasteiger partial charge in [-0.15, -0.1) is 0 Å². The minimum absolute atomic E-state index is 0.0750. The van der Waals surface area contributed by atoms with Gasteiger partial charge >= 0.3 is 5.97 Å². The van der Waals surface area contributed by atoms with Crippen LogP contribution in [-0.4, -0.2) is 43.6 Å². The molecule has 1 amide bonds.